The van der Waals surface area contributed by atoms with Crippen LogP contribution in [0.4, 0.5) is 5.69 Å². The van der Waals surface area contributed by atoms with Crippen molar-refractivity contribution in [2.24, 2.45) is 0 Å². The lowest BCUT2D eigenvalue weighted by atomic mass is 9.82. The Labute approximate surface area is 193 Å². The zero-order valence-corrected chi connectivity index (χ0v) is 18.5. The van der Waals surface area contributed by atoms with Crippen LogP contribution >= 0.6 is 11.8 Å². The number of fused-ring (bicyclic) bond motifs is 2. The van der Waals surface area contributed by atoms with Crippen LogP contribution in [0.15, 0.2) is 59.9 Å². The molecule has 0 fully saturated rings. The predicted octanol–water partition coefficient (Wildman–Crippen LogP) is 4.25. The Bertz CT molecular complexity index is 1350. The largest absolute Gasteiger partial charge is 0.497 e. The second-order valence-corrected chi connectivity index (χ2v) is 8.70. The van der Waals surface area contributed by atoms with Crippen molar-refractivity contribution < 1.29 is 14.5 Å². The van der Waals surface area contributed by atoms with Crippen molar-refractivity contribution >= 4 is 29.0 Å². The monoisotopic (exact) mass is 461 g/mol. The Balaban J connectivity index is 1.34. The molecule has 1 aliphatic rings. The Morgan fingerprint density at radius 1 is 1.12 bits per heavy atom. The normalized spacial score (nSPS) is 15.4. The van der Waals surface area contributed by atoms with Crippen LogP contribution in [-0.4, -0.2) is 37.4 Å². The van der Waals surface area contributed by atoms with Crippen LogP contribution in [0.25, 0.3) is 5.78 Å². The molecule has 0 spiro atoms. The molecule has 1 atom stereocenters. The van der Waals surface area contributed by atoms with Gasteiger partial charge in [-0.15, -0.1) is 5.10 Å². The van der Waals surface area contributed by atoms with Crippen molar-refractivity contribution in [3.63, 3.8) is 0 Å². The third kappa shape index (κ3) is 4.29. The van der Waals surface area contributed by atoms with Crippen molar-refractivity contribution in [1.82, 2.24) is 19.6 Å². The van der Waals surface area contributed by atoms with Gasteiger partial charge in [-0.3, -0.25) is 14.9 Å². The van der Waals surface area contributed by atoms with Gasteiger partial charge in [0.05, 0.1) is 23.3 Å². The number of carbonyl (C=O) groups is 1. The van der Waals surface area contributed by atoms with Crippen molar-refractivity contribution in [2.75, 3.05) is 7.11 Å². The van der Waals surface area contributed by atoms with Gasteiger partial charge in [-0.05, 0) is 35.6 Å². The van der Waals surface area contributed by atoms with E-state index in [0.29, 0.717) is 35.1 Å². The number of nitro benzene ring substituents is 1. The first kappa shape index (κ1) is 21.1. The molecule has 0 amide bonds. The molecule has 0 saturated heterocycles. The summed E-state index contributed by atoms with van der Waals surface area (Å²) in [6, 6.07) is 14.2. The molecule has 0 saturated carbocycles. The zero-order chi connectivity index (χ0) is 22.9. The summed E-state index contributed by atoms with van der Waals surface area (Å²) in [5.41, 5.74) is 3.39. The Kier molecular flexibility index (Phi) is 5.51. The van der Waals surface area contributed by atoms with Gasteiger partial charge in [0.15, 0.2) is 5.78 Å². The topological polar surface area (TPSA) is 113 Å². The van der Waals surface area contributed by atoms with Gasteiger partial charge in [0, 0.05) is 30.5 Å². The molecule has 2 aromatic carbocycles. The van der Waals surface area contributed by atoms with Crippen molar-refractivity contribution in [3.8, 4) is 5.75 Å². The van der Waals surface area contributed by atoms with E-state index in [1.807, 2.05) is 24.3 Å². The number of nitrogens with zero attached hydrogens (tertiary/aromatic N) is 5. The maximum atomic E-state index is 12.8. The van der Waals surface area contributed by atoms with Crippen molar-refractivity contribution in [3.05, 3.63) is 87.2 Å². The molecule has 33 heavy (non-hydrogen) atoms. The Morgan fingerprint density at radius 2 is 1.88 bits per heavy atom. The van der Waals surface area contributed by atoms with Crippen LogP contribution < -0.4 is 4.74 Å². The highest BCUT2D eigenvalue weighted by Crippen LogP contribution is 2.33. The highest BCUT2D eigenvalue weighted by atomic mass is 32.2. The molecule has 0 bridgehead atoms. The SMILES string of the molecule is COc1ccc(C2CC(=O)c3cn4nc(SCc5ccc([N+](=O)[O-])cc5)nc4nc3C2)cc1. The molecule has 2 heterocycles. The lowest BCUT2D eigenvalue weighted by Crippen LogP contribution is -2.21. The lowest BCUT2D eigenvalue weighted by Gasteiger charge is -2.23. The summed E-state index contributed by atoms with van der Waals surface area (Å²) < 4.78 is 6.77. The fourth-order valence-electron chi connectivity index (χ4n) is 3.90. The number of Topliss-reactive ketones (excluding diaryl/α,β-unsaturated/α-hetero) is 1. The molecule has 4 aromatic rings. The van der Waals surface area contributed by atoms with Crippen LogP contribution in [0.5, 0.6) is 5.75 Å². The van der Waals surface area contributed by atoms with E-state index in [9.17, 15) is 14.9 Å². The number of thioether (sulfide) groups is 1. The van der Waals surface area contributed by atoms with Crippen LogP contribution in [0.1, 0.15) is 39.5 Å². The molecule has 10 heteroatoms. The van der Waals surface area contributed by atoms with E-state index in [2.05, 4.69) is 15.1 Å². The minimum atomic E-state index is -0.422. The number of carbonyl (C=O) groups excluding carboxylic acids is 1. The van der Waals surface area contributed by atoms with E-state index >= 15 is 0 Å². The second kappa shape index (κ2) is 8.62. The van der Waals surface area contributed by atoms with Crippen molar-refractivity contribution in [1.29, 1.82) is 0 Å². The average molecular weight is 462 g/mol. The van der Waals surface area contributed by atoms with Gasteiger partial charge < -0.3 is 4.74 Å². The van der Waals surface area contributed by atoms with Crippen LogP contribution in [0.2, 0.25) is 0 Å². The summed E-state index contributed by atoms with van der Waals surface area (Å²) in [7, 11) is 1.63. The van der Waals surface area contributed by atoms with Gasteiger partial charge in [-0.25, -0.2) is 9.50 Å². The smallest absolute Gasteiger partial charge is 0.269 e. The quantitative estimate of drug-likeness (QED) is 0.238. The molecule has 9 nitrogen and oxygen atoms in total. The molecule has 0 radical (unpaired) electrons. The Hall–Kier alpha value is -3.79. The predicted molar refractivity (Wildman–Crippen MR) is 122 cm³/mol. The van der Waals surface area contributed by atoms with Crippen molar-refractivity contribution in [2.45, 2.75) is 29.7 Å². The van der Waals surface area contributed by atoms with Crippen LogP contribution in [-0.2, 0) is 12.2 Å². The molecule has 0 N–H and O–H groups in total. The third-order valence-corrected chi connectivity index (χ3v) is 6.57. The fraction of sp³-hybridized carbons (Fsp3) is 0.217. The number of benzene rings is 2. The number of ketones is 1. The van der Waals surface area contributed by atoms with Crippen LogP contribution in [0.3, 0.4) is 0 Å². The summed E-state index contributed by atoms with van der Waals surface area (Å²) in [6.45, 7) is 0. The first-order chi connectivity index (χ1) is 16.0. The molecular formula is C23H19N5O4S. The number of rotatable bonds is 6. The number of hydrogen-bond acceptors (Lipinski definition) is 8. The summed E-state index contributed by atoms with van der Waals surface area (Å²) in [5.74, 6) is 1.89. The van der Waals surface area contributed by atoms with Gasteiger partial charge in [0.25, 0.3) is 11.5 Å². The second-order valence-electron chi connectivity index (χ2n) is 7.75. The third-order valence-electron chi connectivity index (χ3n) is 5.67. The lowest BCUT2D eigenvalue weighted by molar-refractivity contribution is -0.384. The van der Waals surface area contributed by atoms with E-state index in [4.69, 9.17) is 4.74 Å². The summed E-state index contributed by atoms with van der Waals surface area (Å²) in [4.78, 5) is 32.4. The summed E-state index contributed by atoms with van der Waals surface area (Å²) >= 11 is 1.41. The molecule has 1 aliphatic carbocycles. The number of nitro groups is 1. The van der Waals surface area contributed by atoms with E-state index in [0.717, 1.165) is 22.6 Å². The minimum absolute atomic E-state index is 0.0436. The standard InChI is InChI=1S/C23H19N5O4S/c1-32-18-8-4-15(5-9-18)16-10-20-19(21(29)11-16)12-27-22(24-20)25-23(26-27)33-13-14-2-6-17(7-3-14)28(30)31/h2-9,12,16H,10-11,13H2,1H3. The summed E-state index contributed by atoms with van der Waals surface area (Å²) in [6.07, 6.45) is 2.79. The van der Waals surface area contributed by atoms with Gasteiger partial charge in [-0.1, -0.05) is 36.0 Å². The van der Waals surface area contributed by atoms with Gasteiger partial charge >= 0.3 is 0 Å². The van der Waals surface area contributed by atoms with E-state index in [1.165, 1.54) is 23.9 Å². The zero-order valence-electron chi connectivity index (χ0n) is 17.7. The van der Waals surface area contributed by atoms with Gasteiger partial charge in [-0.2, -0.15) is 4.98 Å². The molecule has 5 rings (SSSR count). The van der Waals surface area contributed by atoms with E-state index in [-0.39, 0.29) is 17.4 Å². The Morgan fingerprint density at radius 3 is 2.58 bits per heavy atom. The number of non-ortho nitro benzene ring substituents is 1. The highest BCUT2D eigenvalue weighted by Gasteiger charge is 2.28. The summed E-state index contributed by atoms with van der Waals surface area (Å²) in [5, 5.41) is 15.8. The molecule has 1 unspecified atom stereocenters. The van der Waals surface area contributed by atoms with Crippen LogP contribution in [0, 0.1) is 10.1 Å². The first-order valence-corrected chi connectivity index (χ1v) is 11.3. The molecule has 0 aliphatic heterocycles. The van der Waals surface area contributed by atoms with E-state index in [1.54, 1.807) is 30.0 Å². The number of methoxy groups -OCH3 is 1. The highest BCUT2D eigenvalue weighted by molar-refractivity contribution is 7.98. The maximum absolute atomic E-state index is 12.8. The minimum Gasteiger partial charge on any atom is -0.497 e. The van der Waals surface area contributed by atoms with E-state index < -0.39 is 4.92 Å². The molecular weight excluding hydrogens is 442 g/mol. The number of aromatic nitrogens is 4. The molecule has 2 aromatic heterocycles. The first-order valence-electron chi connectivity index (χ1n) is 10.3. The molecule has 166 valence electrons. The maximum Gasteiger partial charge on any atom is 0.269 e. The number of hydrogen-bond donors (Lipinski definition) is 0. The van der Waals surface area contributed by atoms with Gasteiger partial charge in [0.2, 0.25) is 5.16 Å². The fourth-order valence-corrected chi connectivity index (χ4v) is 4.68. The van der Waals surface area contributed by atoms with Gasteiger partial charge in [0.1, 0.15) is 5.75 Å². The number of ether oxygens (including phenoxy) is 1. The average Bonchev–Trinajstić information content (AvgIpc) is 3.23.